The van der Waals surface area contributed by atoms with Crippen molar-refractivity contribution >= 4 is 17.4 Å². The van der Waals surface area contributed by atoms with E-state index >= 15 is 0 Å². The molecular weight excluding hydrogens is 348 g/mol. The summed E-state index contributed by atoms with van der Waals surface area (Å²) in [7, 11) is 0. The Morgan fingerprint density at radius 2 is 1.79 bits per heavy atom. The van der Waals surface area contributed by atoms with Gasteiger partial charge in [-0.2, -0.15) is 0 Å². The topological polar surface area (TPSA) is 39.7 Å². The summed E-state index contributed by atoms with van der Waals surface area (Å²) in [5.41, 5.74) is 1.93. The number of piperidine rings is 1. The Morgan fingerprint density at radius 3 is 2.46 bits per heavy atom. The predicted molar refractivity (Wildman–Crippen MR) is 114 cm³/mol. The molecule has 0 saturated carbocycles. The molecule has 0 radical (unpaired) electrons. The van der Waals surface area contributed by atoms with E-state index in [9.17, 15) is 4.79 Å². The maximum Gasteiger partial charge on any atom is 0.255 e. The van der Waals surface area contributed by atoms with Crippen molar-refractivity contribution in [1.29, 1.82) is 0 Å². The van der Waals surface area contributed by atoms with Crippen LogP contribution in [-0.2, 0) is 0 Å². The van der Waals surface area contributed by atoms with Crippen LogP contribution in [0.15, 0.2) is 48.7 Å². The molecule has 0 aliphatic carbocycles. The number of aromatic nitrogens is 1. The van der Waals surface area contributed by atoms with Crippen molar-refractivity contribution in [2.45, 2.75) is 38.6 Å². The van der Waals surface area contributed by atoms with E-state index in [0.717, 1.165) is 45.0 Å². The van der Waals surface area contributed by atoms with Crippen LogP contribution in [0.4, 0.5) is 11.5 Å². The van der Waals surface area contributed by atoms with Crippen LogP contribution in [0.2, 0.25) is 0 Å². The van der Waals surface area contributed by atoms with Crippen molar-refractivity contribution in [2.75, 3.05) is 42.5 Å². The molecule has 1 unspecified atom stereocenters. The number of hydrogen-bond acceptors (Lipinski definition) is 4. The van der Waals surface area contributed by atoms with Crippen LogP contribution >= 0.6 is 0 Å². The van der Waals surface area contributed by atoms with Gasteiger partial charge in [-0.3, -0.25) is 4.79 Å². The molecule has 0 N–H and O–H groups in total. The molecular formula is C23H30N4O. The maximum absolute atomic E-state index is 12.9. The smallest absolute Gasteiger partial charge is 0.255 e. The molecule has 0 bridgehead atoms. The summed E-state index contributed by atoms with van der Waals surface area (Å²) >= 11 is 0. The van der Waals surface area contributed by atoms with E-state index in [1.54, 1.807) is 6.20 Å². The zero-order valence-corrected chi connectivity index (χ0v) is 16.8. The molecule has 4 rings (SSSR count). The largest absolute Gasteiger partial charge is 0.368 e. The average Bonchev–Trinajstić information content (AvgIpc) is 2.79. The lowest BCUT2D eigenvalue weighted by Gasteiger charge is -2.37. The van der Waals surface area contributed by atoms with Gasteiger partial charge in [0.25, 0.3) is 5.91 Å². The van der Waals surface area contributed by atoms with Crippen molar-refractivity contribution in [3.8, 4) is 0 Å². The third kappa shape index (κ3) is 3.98. The molecule has 2 fully saturated rings. The van der Waals surface area contributed by atoms with Gasteiger partial charge >= 0.3 is 0 Å². The Hall–Kier alpha value is -2.56. The maximum atomic E-state index is 12.9. The van der Waals surface area contributed by atoms with Gasteiger partial charge in [0.1, 0.15) is 5.82 Å². The van der Waals surface area contributed by atoms with Gasteiger partial charge in [0.2, 0.25) is 0 Å². The molecule has 1 aromatic carbocycles. The first-order valence-corrected chi connectivity index (χ1v) is 10.6. The molecule has 1 aromatic heterocycles. The van der Waals surface area contributed by atoms with E-state index < -0.39 is 0 Å². The quantitative estimate of drug-likeness (QED) is 0.811. The van der Waals surface area contributed by atoms with Crippen LogP contribution in [0.25, 0.3) is 0 Å². The summed E-state index contributed by atoms with van der Waals surface area (Å²) < 4.78 is 0. The third-order valence-electron chi connectivity index (χ3n) is 6.08. The number of amides is 1. The van der Waals surface area contributed by atoms with E-state index in [2.05, 4.69) is 46.0 Å². The second-order valence-electron chi connectivity index (χ2n) is 7.77. The first-order valence-electron chi connectivity index (χ1n) is 10.6. The number of para-hydroxylation sites is 1. The first kappa shape index (κ1) is 18.8. The summed E-state index contributed by atoms with van der Waals surface area (Å²) in [5, 5.41) is 0. The van der Waals surface area contributed by atoms with Crippen LogP contribution in [0.1, 0.15) is 43.0 Å². The van der Waals surface area contributed by atoms with Crippen molar-refractivity contribution in [3.63, 3.8) is 0 Å². The molecule has 5 heteroatoms. The lowest BCUT2D eigenvalue weighted by Crippen LogP contribution is -2.48. The fraction of sp³-hybridized carbons (Fsp3) is 0.478. The summed E-state index contributed by atoms with van der Waals surface area (Å²) in [6.45, 7) is 6.55. The molecule has 2 saturated heterocycles. The molecule has 1 amide bonds. The highest BCUT2D eigenvalue weighted by molar-refractivity contribution is 5.94. The molecule has 28 heavy (non-hydrogen) atoms. The summed E-state index contributed by atoms with van der Waals surface area (Å²) in [5.74, 6) is 1.11. The zero-order valence-electron chi connectivity index (χ0n) is 16.8. The fourth-order valence-corrected chi connectivity index (χ4v) is 4.40. The van der Waals surface area contributed by atoms with Crippen molar-refractivity contribution in [2.24, 2.45) is 0 Å². The minimum Gasteiger partial charge on any atom is -0.368 e. The van der Waals surface area contributed by atoms with Crippen molar-refractivity contribution in [1.82, 2.24) is 9.88 Å². The Labute approximate surface area is 168 Å². The van der Waals surface area contributed by atoms with Gasteiger partial charge in [-0.15, -0.1) is 0 Å². The predicted octanol–water partition coefficient (Wildman–Crippen LogP) is 3.81. The minimum atomic E-state index is 0.0949. The van der Waals surface area contributed by atoms with Gasteiger partial charge in [-0.05, 0) is 49.9 Å². The van der Waals surface area contributed by atoms with Crippen LogP contribution < -0.4 is 9.80 Å². The zero-order chi connectivity index (χ0) is 19.3. The number of benzene rings is 1. The van der Waals surface area contributed by atoms with Gasteiger partial charge in [-0.25, -0.2) is 4.98 Å². The van der Waals surface area contributed by atoms with Gasteiger partial charge in [0, 0.05) is 50.6 Å². The highest BCUT2D eigenvalue weighted by atomic mass is 16.2. The average molecular weight is 379 g/mol. The Bertz CT molecular complexity index is 769. The van der Waals surface area contributed by atoms with E-state index in [1.165, 1.54) is 24.9 Å². The summed E-state index contributed by atoms with van der Waals surface area (Å²) in [4.78, 5) is 24.3. The van der Waals surface area contributed by atoms with Gasteiger partial charge in [-0.1, -0.05) is 25.1 Å². The second kappa shape index (κ2) is 8.63. The lowest BCUT2D eigenvalue weighted by molar-refractivity contribution is 0.0746. The molecule has 2 aliphatic heterocycles. The molecule has 2 aromatic rings. The van der Waals surface area contributed by atoms with E-state index in [0.29, 0.717) is 11.6 Å². The monoisotopic (exact) mass is 378 g/mol. The van der Waals surface area contributed by atoms with Crippen molar-refractivity contribution in [3.05, 3.63) is 54.2 Å². The summed E-state index contributed by atoms with van der Waals surface area (Å²) in [6, 6.07) is 15.0. The number of hydrogen-bond donors (Lipinski definition) is 0. The van der Waals surface area contributed by atoms with E-state index in [4.69, 9.17) is 0 Å². The second-order valence-corrected chi connectivity index (χ2v) is 7.77. The van der Waals surface area contributed by atoms with Crippen LogP contribution in [0, 0.1) is 0 Å². The Morgan fingerprint density at radius 1 is 1.00 bits per heavy atom. The molecule has 1 atom stereocenters. The van der Waals surface area contributed by atoms with Crippen LogP contribution in [0.5, 0.6) is 0 Å². The molecule has 0 spiro atoms. The van der Waals surface area contributed by atoms with Gasteiger partial charge in [0.05, 0.1) is 5.56 Å². The molecule has 148 valence electrons. The first-order chi connectivity index (χ1) is 13.8. The fourth-order valence-electron chi connectivity index (χ4n) is 4.40. The van der Waals surface area contributed by atoms with E-state index in [1.807, 2.05) is 23.1 Å². The normalized spacial score (nSPS) is 20.3. The number of pyridine rings is 1. The van der Waals surface area contributed by atoms with E-state index in [-0.39, 0.29) is 5.91 Å². The highest BCUT2D eigenvalue weighted by Crippen LogP contribution is 2.25. The SMILES string of the molecule is CCC1CCCCN1c1ccc(C(=O)N2CCN(c3ccccc3)CC2)cn1. The van der Waals surface area contributed by atoms with Gasteiger partial charge < -0.3 is 14.7 Å². The number of anilines is 2. The van der Waals surface area contributed by atoms with Crippen LogP contribution in [0.3, 0.4) is 0 Å². The number of rotatable bonds is 4. The van der Waals surface area contributed by atoms with Crippen molar-refractivity contribution < 1.29 is 4.79 Å². The van der Waals surface area contributed by atoms with Crippen LogP contribution in [-0.4, -0.2) is 54.6 Å². The number of piperazine rings is 1. The Balaban J connectivity index is 1.37. The lowest BCUT2D eigenvalue weighted by atomic mass is 10.00. The third-order valence-corrected chi connectivity index (χ3v) is 6.08. The number of nitrogens with zero attached hydrogens (tertiary/aromatic N) is 4. The number of carbonyl (C=O) groups is 1. The summed E-state index contributed by atoms with van der Waals surface area (Å²) in [6.07, 6.45) is 6.69. The molecule has 2 aliphatic rings. The Kier molecular flexibility index (Phi) is 5.79. The van der Waals surface area contributed by atoms with Gasteiger partial charge in [0.15, 0.2) is 0 Å². The minimum absolute atomic E-state index is 0.0949. The number of carbonyl (C=O) groups excluding carboxylic acids is 1. The standard InChI is InChI=1S/C23H30N4O/c1-2-20-8-6-7-13-27(20)22-12-11-19(18-24-22)23(28)26-16-14-25(15-17-26)21-9-4-3-5-10-21/h3-5,9-12,18,20H,2,6-8,13-17H2,1H3. The molecule has 3 heterocycles. The molecule has 5 nitrogen and oxygen atoms in total. The highest BCUT2D eigenvalue weighted by Gasteiger charge is 2.24.